The normalized spacial score (nSPS) is 27.7. The van der Waals surface area contributed by atoms with Gasteiger partial charge in [-0.2, -0.15) is 0 Å². The lowest BCUT2D eigenvalue weighted by atomic mass is 9.93. The summed E-state index contributed by atoms with van der Waals surface area (Å²) in [6.07, 6.45) is -4.62. The molecule has 6 unspecified atom stereocenters. The predicted octanol–water partition coefficient (Wildman–Crippen LogP) is -3.54. The van der Waals surface area contributed by atoms with Gasteiger partial charge in [0.15, 0.2) is 12.3 Å². The molecular weight excluding hydrogens is 1050 g/mol. The van der Waals surface area contributed by atoms with Crippen LogP contribution in [0.2, 0.25) is 0 Å². The number of benzene rings is 2. The van der Waals surface area contributed by atoms with Gasteiger partial charge in [0.2, 0.25) is 58.2 Å². The molecule has 4 aliphatic rings. The number of rotatable bonds is 14. The minimum Gasteiger partial charge on any atom is -0.610 e. The highest BCUT2D eigenvalue weighted by Crippen LogP contribution is 2.34. The van der Waals surface area contributed by atoms with Crippen LogP contribution in [0.1, 0.15) is 57.5 Å². The second kappa shape index (κ2) is 27.2. The number of phenols is 1. The SMILES string of the molecule is CC[C@H](C)[C@@H]1NC(=O)CNC(=O)C2Cc3c([nH]c4cc(O)ccc34)[S@+]([O-])CC(NC(=O)CNC1=O)C(=O)NC(CC(N)=O)C(=O)N1CC(O)CC1C(=O)N[C@@H]([C@@H](C)[C@@H]1COC(c3cccc(OCCOCCNC)c3)O1)C(=O)N2. The lowest BCUT2D eigenvalue weighted by Crippen LogP contribution is -2.62. The van der Waals surface area contributed by atoms with E-state index in [1.165, 1.54) is 18.2 Å². The van der Waals surface area contributed by atoms with Gasteiger partial charge >= 0.3 is 0 Å². The molecule has 0 radical (unpaired) electrons. The van der Waals surface area contributed by atoms with Crippen LogP contribution in [0.25, 0.3) is 10.9 Å². The van der Waals surface area contributed by atoms with Gasteiger partial charge < -0.3 is 91.9 Å². The van der Waals surface area contributed by atoms with E-state index in [4.69, 9.17) is 24.7 Å². The average Bonchev–Trinajstić information content (AvgIpc) is 4.21. The van der Waals surface area contributed by atoms with Crippen LogP contribution in [0.5, 0.6) is 11.5 Å². The lowest BCUT2D eigenvalue weighted by Gasteiger charge is -2.33. The Labute approximate surface area is 457 Å². The number of carbonyl (C=O) groups is 9. The standard InChI is InChI=1S/C51H69N11O16S/c1-5-25(2)42-47(71)55-20-40(66)56-36-24-79(74)49-32(31-10-9-28(63)16-33(31)59-49)18-34(44(68)54-21-41(67)60-42)57-48(72)43(61-46(70)37-17-29(64)22-62(37)50(73)35(19-39(52)65)58-45(36)69)26(3)38-23-77-51(78-38)27-7-6-8-30(15-27)76-14-13-75-12-11-53-4/h6-10,15-16,25-26,29,34-38,42-43,51,53,59,63-64H,5,11-14,17-24H2,1-4H3,(H2,52,65)(H,54,68)(H,55,71)(H,56,66)(H,57,72)(H,58,69)(H,60,67)(H,61,70)/t25-,26-,29?,34?,35?,36?,37?,38-,42-,43-,51?,79+/m0/s1. The molecule has 12 atom stereocenters. The molecule has 2 saturated heterocycles. The third-order valence-corrected chi connectivity index (χ3v) is 15.6. The van der Waals surface area contributed by atoms with Gasteiger partial charge in [0.05, 0.1) is 57.1 Å². The maximum absolute atomic E-state index is 15.2. The van der Waals surface area contributed by atoms with Gasteiger partial charge in [-0.1, -0.05) is 39.3 Å². The van der Waals surface area contributed by atoms with Gasteiger partial charge in [0.1, 0.15) is 54.1 Å². The molecule has 0 spiro atoms. The number of aromatic hydroxyl groups is 1. The zero-order valence-corrected chi connectivity index (χ0v) is 44.9. The van der Waals surface area contributed by atoms with Crippen LogP contribution in [-0.2, 0) is 75.0 Å². The number of aliphatic hydroxyl groups excluding tert-OH is 1. The maximum Gasteiger partial charge on any atom is 0.248 e. The zero-order valence-electron chi connectivity index (χ0n) is 44.1. The number of phenolic OH excluding ortho intramolecular Hbond substituents is 1. The number of fused-ring (bicyclic) bond motifs is 5. The number of likely N-dealkylation sites (N-methyl/N-ethyl adjacent to an activating group) is 1. The molecule has 7 rings (SSSR count). The van der Waals surface area contributed by atoms with Gasteiger partial charge in [-0.05, 0) is 37.2 Å². The molecule has 13 N–H and O–H groups in total. The van der Waals surface area contributed by atoms with E-state index < -0.39 is 169 Å². The van der Waals surface area contributed by atoms with Crippen molar-refractivity contribution in [2.24, 2.45) is 17.6 Å². The summed E-state index contributed by atoms with van der Waals surface area (Å²) < 4.78 is 38.8. The molecule has 5 heterocycles. The summed E-state index contributed by atoms with van der Waals surface area (Å²) in [6.45, 7) is 4.64. The molecule has 0 aliphatic carbocycles. The summed E-state index contributed by atoms with van der Waals surface area (Å²) in [7, 11) is 1.81. The van der Waals surface area contributed by atoms with Crippen molar-refractivity contribution in [1.82, 2.24) is 52.4 Å². The first-order valence-corrected chi connectivity index (χ1v) is 27.3. The molecule has 2 bridgehead atoms. The number of ether oxygens (including phenoxy) is 4. The topological polar surface area (TPSA) is 395 Å². The Hall–Kier alpha value is -7.08. The first-order valence-electron chi connectivity index (χ1n) is 26.0. The fourth-order valence-corrected chi connectivity index (χ4v) is 11.0. The van der Waals surface area contributed by atoms with Crippen LogP contribution in [0.4, 0.5) is 0 Å². The smallest absolute Gasteiger partial charge is 0.248 e. The van der Waals surface area contributed by atoms with Gasteiger partial charge in [-0.15, -0.1) is 0 Å². The Morgan fingerprint density at radius 1 is 0.886 bits per heavy atom. The van der Waals surface area contributed by atoms with Crippen molar-refractivity contribution in [3.8, 4) is 11.5 Å². The Morgan fingerprint density at radius 2 is 1.63 bits per heavy atom. The summed E-state index contributed by atoms with van der Waals surface area (Å²) in [6, 6.07) is 1.24. The number of carbonyl (C=O) groups excluding carboxylic acids is 9. The van der Waals surface area contributed by atoms with Gasteiger partial charge in [0, 0.05) is 65.6 Å². The molecule has 4 aliphatic heterocycles. The monoisotopic (exact) mass is 1120 g/mol. The number of aliphatic hydroxyl groups is 1. The molecular formula is C51H69N11O16S. The number of hydrogen-bond acceptors (Lipinski definition) is 17. The Kier molecular flexibility index (Phi) is 20.5. The first kappa shape index (κ1) is 59.6. The maximum atomic E-state index is 15.2. The van der Waals surface area contributed by atoms with Crippen molar-refractivity contribution in [3.63, 3.8) is 0 Å². The van der Waals surface area contributed by atoms with Crippen molar-refractivity contribution in [1.29, 1.82) is 0 Å². The van der Waals surface area contributed by atoms with Crippen LogP contribution in [0.3, 0.4) is 0 Å². The van der Waals surface area contributed by atoms with Gasteiger partial charge in [-0.3, -0.25) is 43.2 Å². The zero-order chi connectivity index (χ0) is 57.1. The molecule has 2 aromatic carbocycles. The summed E-state index contributed by atoms with van der Waals surface area (Å²) in [5, 5.41) is 42.5. The largest absolute Gasteiger partial charge is 0.610 e. The summed E-state index contributed by atoms with van der Waals surface area (Å²) in [5.74, 6) is -10.9. The molecule has 0 saturated carbocycles. The van der Waals surface area contributed by atoms with E-state index in [1.807, 2.05) is 7.05 Å². The second-order valence-electron chi connectivity index (χ2n) is 19.9. The number of nitrogens with zero attached hydrogens (tertiary/aromatic N) is 1. The Balaban J connectivity index is 1.31. The van der Waals surface area contributed by atoms with E-state index in [0.717, 1.165) is 4.90 Å². The number of H-pyrrole nitrogens is 1. The predicted molar refractivity (Wildman–Crippen MR) is 279 cm³/mol. The number of hydrogen-bond donors (Lipinski definition) is 12. The molecule has 79 heavy (non-hydrogen) atoms. The van der Waals surface area contributed by atoms with Crippen LogP contribution < -0.4 is 53.0 Å². The third kappa shape index (κ3) is 15.2. The molecule has 28 heteroatoms. The van der Waals surface area contributed by atoms with Crippen molar-refractivity contribution in [3.05, 3.63) is 53.6 Å². The quantitative estimate of drug-likeness (QED) is 0.0549. The Morgan fingerprint density at radius 3 is 2.37 bits per heavy atom. The highest BCUT2D eigenvalue weighted by molar-refractivity contribution is 7.91. The minimum absolute atomic E-state index is 0.115. The fraction of sp³-hybridized carbons (Fsp3) is 0.549. The van der Waals surface area contributed by atoms with Crippen LogP contribution >= 0.6 is 0 Å². The highest BCUT2D eigenvalue weighted by atomic mass is 32.2. The van der Waals surface area contributed by atoms with E-state index in [2.05, 4.69) is 47.5 Å². The van der Waals surface area contributed by atoms with E-state index in [0.29, 0.717) is 42.9 Å². The van der Waals surface area contributed by atoms with Crippen molar-refractivity contribution < 1.29 is 76.9 Å². The summed E-state index contributed by atoms with van der Waals surface area (Å²) >= 11 is -2.39. The van der Waals surface area contributed by atoms with E-state index in [9.17, 15) is 53.1 Å². The van der Waals surface area contributed by atoms with Gasteiger partial charge in [0.25, 0.3) is 0 Å². The van der Waals surface area contributed by atoms with Crippen molar-refractivity contribution in [2.75, 3.05) is 65.4 Å². The number of aromatic nitrogens is 1. The minimum atomic E-state index is -2.39. The van der Waals surface area contributed by atoms with E-state index in [1.54, 1.807) is 45.0 Å². The molecule has 2 fully saturated rings. The number of aromatic amines is 1. The highest BCUT2D eigenvalue weighted by Gasteiger charge is 2.46. The van der Waals surface area contributed by atoms with Crippen molar-refractivity contribution in [2.45, 2.75) is 106 Å². The second-order valence-corrected chi connectivity index (χ2v) is 21.3. The van der Waals surface area contributed by atoms with E-state index in [-0.39, 0.29) is 41.5 Å². The number of primary amides is 1. The number of nitrogens with two attached hydrogens (primary N) is 1. The number of nitrogens with one attached hydrogen (secondary N) is 9. The molecule has 3 aromatic rings. The molecule has 1 aromatic heterocycles. The van der Waals surface area contributed by atoms with Gasteiger partial charge in [-0.25, -0.2) is 0 Å². The Bertz CT molecular complexity index is 2750. The summed E-state index contributed by atoms with van der Waals surface area (Å²) in [4.78, 5) is 131. The van der Waals surface area contributed by atoms with Crippen LogP contribution in [-0.4, -0.2) is 192 Å². The third-order valence-electron chi connectivity index (χ3n) is 14.2. The van der Waals surface area contributed by atoms with Crippen LogP contribution in [0, 0.1) is 11.8 Å². The molecule has 9 amide bonds. The summed E-state index contributed by atoms with van der Waals surface area (Å²) in [5.41, 5.74) is 6.46. The van der Waals surface area contributed by atoms with Crippen molar-refractivity contribution >= 4 is 75.2 Å². The number of amides is 9. The average molecular weight is 1120 g/mol. The lowest BCUT2D eigenvalue weighted by molar-refractivity contribution is -0.144. The van der Waals surface area contributed by atoms with E-state index >= 15 is 4.79 Å². The van der Waals surface area contributed by atoms with Crippen LogP contribution in [0.15, 0.2) is 47.5 Å². The molecule has 430 valence electrons. The molecule has 27 nitrogen and oxygen atoms in total. The fourth-order valence-electron chi connectivity index (χ4n) is 9.64. The first-order chi connectivity index (χ1) is 37.7.